The van der Waals surface area contributed by atoms with Gasteiger partial charge in [0.25, 0.3) is 40.8 Å². The Morgan fingerprint density at radius 1 is 0.471 bits per heavy atom. The molecule has 6 saturated heterocycles. The average Bonchev–Trinajstić information content (AvgIpc) is 1.48. The van der Waals surface area contributed by atoms with E-state index in [0.29, 0.717) is 67.1 Å². The van der Waals surface area contributed by atoms with Gasteiger partial charge in [-0.25, -0.2) is 8.78 Å². The lowest BCUT2D eigenvalue weighted by Gasteiger charge is -2.40. The van der Waals surface area contributed by atoms with E-state index in [9.17, 15) is 69.6 Å². The minimum Gasteiger partial charge on any atom is -0.396 e. The van der Waals surface area contributed by atoms with E-state index in [4.69, 9.17) is 23.2 Å². The quantitative estimate of drug-likeness (QED) is 0.111. The summed E-state index contributed by atoms with van der Waals surface area (Å²) < 4.78 is 110. The third kappa shape index (κ3) is 14.2. The van der Waals surface area contributed by atoms with Crippen LogP contribution in [0.4, 0.5) is 46.5 Å². The van der Waals surface area contributed by atoms with Crippen LogP contribution in [0.5, 0.6) is 0 Å². The highest BCUT2D eigenvalue weighted by Gasteiger charge is 2.63. The van der Waals surface area contributed by atoms with Crippen molar-refractivity contribution < 1.29 is 69.6 Å². The molecule has 13 nitrogen and oxygen atoms in total. The van der Waals surface area contributed by atoms with Gasteiger partial charge in [0, 0.05) is 100 Å². The molecule has 6 fully saturated rings. The molecule has 6 heterocycles. The second-order valence-electron chi connectivity index (χ2n) is 23.9. The van der Waals surface area contributed by atoms with E-state index < -0.39 is 71.4 Å². The molecule has 10 rings (SSSR count). The van der Waals surface area contributed by atoms with Crippen molar-refractivity contribution in [3.05, 3.63) is 129 Å². The first-order chi connectivity index (χ1) is 40.3. The number of nitrogens with zero attached hydrogens (tertiary/aromatic N) is 6. The van der Waals surface area contributed by atoms with Gasteiger partial charge in [0.2, 0.25) is 0 Å². The van der Waals surface area contributed by atoms with Crippen LogP contribution in [0.1, 0.15) is 102 Å². The number of rotatable bonds is 13. The van der Waals surface area contributed by atoms with E-state index in [2.05, 4.69) is 9.80 Å². The van der Waals surface area contributed by atoms with E-state index in [1.165, 1.54) is 30.3 Å². The van der Waals surface area contributed by atoms with Gasteiger partial charge in [0.05, 0.1) is 34.3 Å². The predicted octanol–water partition coefficient (Wildman–Crippen LogP) is 10.8. The first-order valence-electron chi connectivity index (χ1n) is 29.2. The molecule has 4 amide bonds. The molecule has 0 aliphatic carbocycles. The van der Waals surface area contributed by atoms with Crippen molar-refractivity contribution in [3.63, 3.8) is 0 Å². The molecule has 6 aliphatic rings. The molecule has 0 aromatic heterocycles. The smallest absolute Gasteiger partial charge is 0.396 e. The van der Waals surface area contributed by atoms with Crippen LogP contribution in [-0.4, -0.2) is 162 Å². The molecule has 4 aromatic rings. The number of halogens is 10. The standard InChI is InChI=1S/C32H39ClF3N3O4.C30H33ClF5N3O3/c33-28-19-26(6-7-27(28)29(41)39-17-12-24(20-39)21-40)37-13-8-22(9-14-37)18-23-10-15-38(16-11-23)30(42)31(43,32(34,35)36)25-4-2-1-3-5-25;31-25-17-23(6-7-24(25)26(40)39-18-28(32,33)19-39)37-12-8-20(9-13-37)16-21-10-14-38(15-11-21)27(41)29(42,30(34,35)36)22-4-2-1-3-5-22/h1-7,19,22-24,40,43H,8-18,20-21H2;1-7,17,20-21,42H,8-16,18-19H2/t24-,31-;29-/m10/s1. The van der Waals surface area contributed by atoms with Crippen LogP contribution in [0, 0.1) is 29.6 Å². The molecule has 3 N–H and O–H groups in total. The maximum Gasteiger partial charge on any atom is 0.430 e. The van der Waals surface area contributed by atoms with E-state index in [-0.39, 0.29) is 61.1 Å². The largest absolute Gasteiger partial charge is 0.430 e. The third-order valence-electron chi connectivity index (χ3n) is 18.2. The molecule has 85 heavy (non-hydrogen) atoms. The Hall–Kier alpha value is -5.74. The van der Waals surface area contributed by atoms with Crippen molar-refractivity contribution in [1.82, 2.24) is 19.6 Å². The maximum absolute atomic E-state index is 14.0. The van der Waals surface area contributed by atoms with E-state index >= 15 is 0 Å². The van der Waals surface area contributed by atoms with Gasteiger partial charge in [0.1, 0.15) is 0 Å². The number of alkyl halides is 8. The summed E-state index contributed by atoms with van der Waals surface area (Å²) in [6, 6.07) is 23.7. The summed E-state index contributed by atoms with van der Waals surface area (Å²) in [7, 11) is 0. The number of carbonyl (C=O) groups is 4. The molecule has 6 aliphatic heterocycles. The SMILES string of the molecule is O=C(c1ccc(N2CCC(CC3CCN(C(=O)[C@@](O)(c4ccccc4)C(F)(F)F)CC3)CC2)cc1Cl)N1CC(F)(F)C1.O=C(c1ccc(N2CCC(CC3CCN(C(=O)[C@](O)(c4ccccc4)C(F)(F)F)CC3)CC2)cc1Cl)N1CC[C@@H](CO)C1. The summed E-state index contributed by atoms with van der Waals surface area (Å²) in [6.45, 7) is 3.94. The van der Waals surface area contributed by atoms with Crippen molar-refractivity contribution in [3.8, 4) is 0 Å². The highest BCUT2D eigenvalue weighted by Crippen LogP contribution is 2.44. The Bertz CT molecular complexity index is 2960. The summed E-state index contributed by atoms with van der Waals surface area (Å²) in [5.41, 5.74) is -5.59. The second-order valence-corrected chi connectivity index (χ2v) is 24.7. The van der Waals surface area contributed by atoms with Crippen molar-refractivity contribution in [2.45, 2.75) is 100 Å². The second kappa shape index (κ2) is 26.3. The van der Waals surface area contributed by atoms with Crippen molar-refractivity contribution >= 4 is 58.2 Å². The number of benzene rings is 4. The first-order valence-corrected chi connectivity index (χ1v) is 30.0. The topological polar surface area (TPSA) is 148 Å². The Morgan fingerprint density at radius 2 is 0.800 bits per heavy atom. The number of piperidine rings is 4. The lowest BCUT2D eigenvalue weighted by Crippen LogP contribution is -2.58. The zero-order valence-electron chi connectivity index (χ0n) is 47.0. The molecule has 23 heteroatoms. The first kappa shape index (κ1) is 63.8. The van der Waals surface area contributed by atoms with Crippen molar-refractivity contribution in [2.75, 3.05) is 94.9 Å². The lowest BCUT2D eigenvalue weighted by atomic mass is 9.82. The monoisotopic (exact) mass is 1230 g/mol. The van der Waals surface area contributed by atoms with E-state index in [0.717, 1.165) is 121 Å². The van der Waals surface area contributed by atoms with E-state index in [1.54, 1.807) is 35.2 Å². The fourth-order valence-corrected chi connectivity index (χ4v) is 13.6. The molecule has 0 bridgehead atoms. The van der Waals surface area contributed by atoms with Crippen molar-refractivity contribution in [1.29, 1.82) is 0 Å². The van der Waals surface area contributed by atoms with Crippen LogP contribution >= 0.6 is 23.2 Å². The molecule has 0 spiro atoms. The zero-order valence-corrected chi connectivity index (χ0v) is 48.5. The molecule has 3 atom stereocenters. The van der Waals surface area contributed by atoms with Gasteiger partial charge in [-0.15, -0.1) is 0 Å². The predicted molar refractivity (Wildman–Crippen MR) is 305 cm³/mol. The fourth-order valence-electron chi connectivity index (χ4n) is 13.1. The zero-order chi connectivity index (χ0) is 61.1. The van der Waals surface area contributed by atoms with Gasteiger partial charge in [-0.05, 0) is 131 Å². The van der Waals surface area contributed by atoms with Gasteiger partial charge in [-0.3, -0.25) is 19.2 Å². The Balaban J connectivity index is 0.000000204. The number of amides is 4. The normalized spacial score (nSPS) is 21.8. The van der Waals surface area contributed by atoms with Crippen LogP contribution < -0.4 is 9.80 Å². The Kier molecular flexibility index (Phi) is 19.7. The van der Waals surface area contributed by atoms with Crippen LogP contribution in [0.15, 0.2) is 97.1 Å². The number of likely N-dealkylation sites (tertiary alicyclic amines) is 4. The van der Waals surface area contributed by atoms with Crippen molar-refractivity contribution in [2.24, 2.45) is 29.6 Å². The van der Waals surface area contributed by atoms with Crippen LogP contribution in [0.3, 0.4) is 0 Å². The number of anilines is 2. The van der Waals surface area contributed by atoms with Gasteiger partial charge in [0.15, 0.2) is 0 Å². The fraction of sp³-hybridized carbons (Fsp3) is 0.548. The number of hydrogen-bond donors (Lipinski definition) is 3. The number of aliphatic hydroxyl groups is 3. The summed E-state index contributed by atoms with van der Waals surface area (Å²) in [4.78, 5) is 60.9. The number of carbonyl (C=O) groups excluding carboxylic acids is 4. The highest BCUT2D eigenvalue weighted by molar-refractivity contribution is 6.34. The van der Waals surface area contributed by atoms with Crippen LogP contribution in [0.25, 0.3) is 0 Å². The molecular formula is C62H72Cl2F8N6O7. The number of hydrogen-bond acceptors (Lipinski definition) is 9. The molecular weight excluding hydrogens is 1160 g/mol. The minimum atomic E-state index is -5.15. The van der Waals surface area contributed by atoms with Crippen LogP contribution in [-0.2, 0) is 20.8 Å². The lowest BCUT2D eigenvalue weighted by molar-refractivity contribution is -0.263. The molecule has 0 radical (unpaired) electrons. The van der Waals surface area contributed by atoms with Gasteiger partial charge < -0.3 is 44.7 Å². The average molecular weight is 1240 g/mol. The maximum atomic E-state index is 14.0. The summed E-state index contributed by atoms with van der Waals surface area (Å²) >= 11 is 12.9. The van der Waals surface area contributed by atoms with Gasteiger partial charge in [-0.2, -0.15) is 26.3 Å². The molecule has 4 aromatic carbocycles. The van der Waals surface area contributed by atoms with Crippen LogP contribution in [0.2, 0.25) is 10.0 Å². The molecule has 0 unspecified atom stereocenters. The summed E-state index contributed by atoms with van der Waals surface area (Å²) in [5, 5.41) is 31.3. The third-order valence-corrected chi connectivity index (χ3v) is 18.9. The van der Waals surface area contributed by atoms with E-state index in [1.807, 2.05) is 12.1 Å². The Morgan fingerprint density at radius 3 is 1.12 bits per heavy atom. The summed E-state index contributed by atoms with van der Waals surface area (Å²) in [5.74, 6) is -4.49. The van der Waals surface area contributed by atoms with Gasteiger partial charge in [-0.1, -0.05) is 83.9 Å². The highest BCUT2D eigenvalue weighted by atomic mass is 35.5. The molecule has 0 saturated carbocycles. The minimum absolute atomic E-state index is 0.0757. The Labute approximate surface area is 499 Å². The van der Waals surface area contributed by atoms with Gasteiger partial charge >= 0.3 is 12.4 Å². The molecule has 462 valence electrons. The summed E-state index contributed by atoms with van der Waals surface area (Å²) in [6.07, 6.45) is -1.52. The number of aliphatic hydroxyl groups excluding tert-OH is 1.